The lowest BCUT2D eigenvalue weighted by atomic mass is 9.89. The molecule has 31 heavy (non-hydrogen) atoms. The Morgan fingerprint density at radius 1 is 0.871 bits per heavy atom. The van der Waals surface area contributed by atoms with Gasteiger partial charge in [0.1, 0.15) is 5.75 Å². The van der Waals surface area contributed by atoms with E-state index in [1.54, 1.807) is 12.1 Å². The zero-order chi connectivity index (χ0) is 22.3. The van der Waals surface area contributed by atoms with E-state index in [2.05, 4.69) is 29.0 Å². The molecule has 0 aliphatic heterocycles. The van der Waals surface area contributed by atoms with Gasteiger partial charge in [0.05, 0.1) is 11.0 Å². The van der Waals surface area contributed by atoms with Gasteiger partial charge in [-0.3, -0.25) is 0 Å². The Morgan fingerprint density at radius 3 is 2.13 bits per heavy atom. The van der Waals surface area contributed by atoms with E-state index in [1.165, 1.54) is 11.1 Å². The molecule has 0 aromatic heterocycles. The molecule has 164 valence electrons. The van der Waals surface area contributed by atoms with Gasteiger partial charge in [0, 0.05) is 6.54 Å². The molecular formula is C26H31NO3S. The average molecular weight is 438 g/mol. The number of hydrogen-bond donors (Lipinski definition) is 1. The molecule has 5 heteroatoms. The van der Waals surface area contributed by atoms with Crippen LogP contribution >= 0.6 is 0 Å². The molecule has 3 aromatic rings. The highest BCUT2D eigenvalue weighted by Crippen LogP contribution is 2.26. The molecule has 0 saturated carbocycles. The van der Waals surface area contributed by atoms with E-state index in [0.29, 0.717) is 17.9 Å². The minimum atomic E-state index is -3.52. The molecule has 1 atom stereocenters. The van der Waals surface area contributed by atoms with Gasteiger partial charge in [-0.05, 0) is 74.9 Å². The Bertz CT molecular complexity index is 1040. The minimum absolute atomic E-state index is 0.127. The summed E-state index contributed by atoms with van der Waals surface area (Å²) in [4.78, 5) is 0.299. The van der Waals surface area contributed by atoms with Crippen molar-refractivity contribution in [3.8, 4) is 5.75 Å². The predicted molar refractivity (Wildman–Crippen MR) is 126 cm³/mol. The average Bonchev–Trinajstić information content (AvgIpc) is 2.74. The lowest BCUT2D eigenvalue weighted by Gasteiger charge is -2.19. The van der Waals surface area contributed by atoms with E-state index in [4.69, 9.17) is 4.74 Å². The Kier molecular flexibility index (Phi) is 7.88. The number of rotatable bonds is 10. The molecule has 4 nitrogen and oxygen atoms in total. The van der Waals surface area contributed by atoms with Crippen molar-refractivity contribution >= 4 is 10.0 Å². The van der Waals surface area contributed by atoms with Gasteiger partial charge in [-0.15, -0.1) is 0 Å². The van der Waals surface area contributed by atoms with Crippen molar-refractivity contribution in [1.29, 1.82) is 0 Å². The zero-order valence-corrected chi connectivity index (χ0v) is 19.2. The summed E-state index contributed by atoms with van der Waals surface area (Å²) < 4.78 is 33.8. The van der Waals surface area contributed by atoms with Crippen molar-refractivity contribution in [3.63, 3.8) is 0 Å². The predicted octanol–water partition coefficient (Wildman–Crippen LogP) is 5.48. The van der Waals surface area contributed by atoms with Gasteiger partial charge in [-0.1, -0.05) is 60.2 Å². The molecule has 1 unspecified atom stereocenters. The first kappa shape index (κ1) is 23.0. The maximum Gasteiger partial charge on any atom is 0.240 e. The number of nitrogens with one attached hydrogen (secondary N) is 1. The van der Waals surface area contributed by atoms with E-state index >= 15 is 0 Å². The highest BCUT2D eigenvalue weighted by atomic mass is 32.2. The van der Waals surface area contributed by atoms with Gasteiger partial charge in [0.25, 0.3) is 0 Å². The van der Waals surface area contributed by atoms with Gasteiger partial charge >= 0.3 is 0 Å². The Labute approximate surface area is 186 Å². The zero-order valence-electron chi connectivity index (χ0n) is 18.4. The van der Waals surface area contributed by atoms with E-state index in [0.717, 1.165) is 17.7 Å². The van der Waals surface area contributed by atoms with Gasteiger partial charge < -0.3 is 4.74 Å². The first-order chi connectivity index (χ1) is 14.8. The van der Waals surface area contributed by atoms with Crippen LogP contribution in [0.3, 0.4) is 0 Å². The first-order valence-corrected chi connectivity index (χ1v) is 12.2. The fourth-order valence-electron chi connectivity index (χ4n) is 3.54. The summed E-state index contributed by atoms with van der Waals surface area (Å²) in [5.41, 5.74) is 3.44. The van der Waals surface area contributed by atoms with E-state index in [9.17, 15) is 8.42 Å². The van der Waals surface area contributed by atoms with Crippen LogP contribution in [0.15, 0.2) is 83.8 Å². The molecule has 0 aliphatic carbocycles. The summed E-state index contributed by atoms with van der Waals surface area (Å²) in [5, 5.41) is 0. The second-order valence-electron chi connectivity index (χ2n) is 8.12. The van der Waals surface area contributed by atoms with Crippen molar-refractivity contribution < 1.29 is 13.2 Å². The number of hydrogen-bond acceptors (Lipinski definition) is 3. The molecule has 3 rings (SSSR count). The van der Waals surface area contributed by atoms with Crippen LogP contribution in [0, 0.1) is 6.92 Å². The largest absolute Gasteiger partial charge is 0.491 e. The SMILES string of the molecule is Cc1ccc(S(=O)(=O)NCCC(Cc2ccccc2)c2ccc(OC(C)C)cc2)cc1. The topological polar surface area (TPSA) is 55.4 Å². The third kappa shape index (κ3) is 6.94. The summed E-state index contributed by atoms with van der Waals surface area (Å²) in [6, 6.07) is 25.4. The van der Waals surface area contributed by atoms with Crippen LogP contribution in [0.2, 0.25) is 0 Å². The maximum absolute atomic E-state index is 12.6. The molecule has 0 aliphatic rings. The van der Waals surface area contributed by atoms with Crippen LogP contribution in [-0.4, -0.2) is 21.1 Å². The summed E-state index contributed by atoms with van der Waals surface area (Å²) in [5.74, 6) is 1.04. The molecule has 0 amide bonds. The minimum Gasteiger partial charge on any atom is -0.491 e. The molecule has 0 radical (unpaired) electrons. The quantitative estimate of drug-likeness (QED) is 0.457. The maximum atomic E-state index is 12.6. The van der Waals surface area contributed by atoms with Crippen molar-refractivity contribution in [2.24, 2.45) is 0 Å². The van der Waals surface area contributed by atoms with Crippen LogP contribution in [0.1, 0.15) is 42.9 Å². The molecule has 3 aromatic carbocycles. The highest BCUT2D eigenvalue weighted by Gasteiger charge is 2.17. The van der Waals surface area contributed by atoms with Crippen molar-refractivity contribution in [3.05, 3.63) is 95.6 Å². The normalized spacial score (nSPS) is 12.6. The number of benzene rings is 3. The van der Waals surface area contributed by atoms with Crippen molar-refractivity contribution in [2.75, 3.05) is 6.54 Å². The summed E-state index contributed by atoms with van der Waals surface area (Å²) in [6.45, 7) is 6.33. The molecule has 0 heterocycles. The van der Waals surface area contributed by atoms with Gasteiger partial charge in [-0.2, -0.15) is 0 Å². The fraction of sp³-hybridized carbons (Fsp3) is 0.308. The highest BCUT2D eigenvalue weighted by molar-refractivity contribution is 7.89. The third-order valence-corrected chi connectivity index (χ3v) is 6.64. The smallest absolute Gasteiger partial charge is 0.240 e. The Hall–Kier alpha value is -2.63. The van der Waals surface area contributed by atoms with Crippen molar-refractivity contribution in [1.82, 2.24) is 4.72 Å². The lowest BCUT2D eigenvalue weighted by Crippen LogP contribution is -2.26. The summed E-state index contributed by atoms with van der Waals surface area (Å²) in [6.07, 6.45) is 1.67. The van der Waals surface area contributed by atoms with Gasteiger partial charge in [0.2, 0.25) is 10.0 Å². The third-order valence-electron chi connectivity index (χ3n) is 5.16. The van der Waals surface area contributed by atoms with Crippen LogP contribution in [0.5, 0.6) is 5.75 Å². The summed E-state index contributed by atoms with van der Waals surface area (Å²) >= 11 is 0. The molecule has 0 saturated heterocycles. The van der Waals surface area contributed by atoms with Gasteiger partial charge in [0.15, 0.2) is 0 Å². The lowest BCUT2D eigenvalue weighted by molar-refractivity contribution is 0.242. The molecule has 0 bridgehead atoms. The Balaban J connectivity index is 1.71. The molecule has 0 spiro atoms. The molecule has 1 N–H and O–H groups in total. The second kappa shape index (κ2) is 10.6. The second-order valence-corrected chi connectivity index (χ2v) is 9.89. The fourth-order valence-corrected chi connectivity index (χ4v) is 4.59. The van der Waals surface area contributed by atoms with E-state index in [1.807, 2.05) is 63.2 Å². The van der Waals surface area contributed by atoms with Crippen LogP contribution < -0.4 is 9.46 Å². The van der Waals surface area contributed by atoms with Crippen LogP contribution in [0.4, 0.5) is 0 Å². The summed E-state index contributed by atoms with van der Waals surface area (Å²) in [7, 11) is -3.52. The first-order valence-electron chi connectivity index (χ1n) is 10.7. The number of ether oxygens (including phenoxy) is 1. The number of sulfonamides is 1. The van der Waals surface area contributed by atoms with E-state index < -0.39 is 10.0 Å². The van der Waals surface area contributed by atoms with Crippen molar-refractivity contribution in [2.45, 2.75) is 50.5 Å². The standard InChI is InChI=1S/C26H31NO3S/c1-20(2)30-25-13-11-23(12-14-25)24(19-22-7-5-4-6-8-22)17-18-27-31(28,29)26-15-9-21(3)10-16-26/h4-16,20,24,27H,17-19H2,1-3H3. The Morgan fingerprint density at radius 2 is 1.52 bits per heavy atom. The van der Waals surface area contributed by atoms with Crippen LogP contribution in [0.25, 0.3) is 0 Å². The van der Waals surface area contributed by atoms with Gasteiger partial charge in [-0.25, -0.2) is 13.1 Å². The van der Waals surface area contributed by atoms with Crippen LogP contribution in [-0.2, 0) is 16.4 Å². The monoisotopic (exact) mass is 437 g/mol. The van der Waals surface area contributed by atoms with E-state index in [-0.39, 0.29) is 12.0 Å². The molecular weight excluding hydrogens is 406 g/mol. The number of aryl methyl sites for hydroxylation is 1. The molecule has 0 fully saturated rings.